The predicted octanol–water partition coefficient (Wildman–Crippen LogP) is 3.43. The van der Waals surface area contributed by atoms with Crippen LogP contribution in [0.1, 0.15) is 56.4 Å². The molecule has 5 fully saturated rings. The van der Waals surface area contributed by atoms with Gasteiger partial charge in [0.1, 0.15) is 5.75 Å². The highest BCUT2D eigenvalue weighted by Gasteiger charge is 2.48. The second-order valence-electron chi connectivity index (χ2n) is 9.90. The smallest absolute Gasteiger partial charge is 0.242 e. The molecule has 0 amide bonds. The monoisotopic (exact) mass is 416 g/mol. The molecule has 29 heavy (non-hydrogen) atoms. The van der Waals surface area contributed by atoms with Gasteiger partial charge < -0.3 is 4.74 Å². The Hall–Kier alpha value is -1.83. The van der Waals surface area contributed by atoms with E-state index in [9.17, 15) is 8.42 Å². The summed E-state index contributed by atoms with van der Waals surface area (Å²) in [4.78, 5) is 0. The molecule has 1 N–H and O–H groups in total. The fraction of sp³-hybridized carbons (Fsp3) is 0.714. The van der Waals surface area contributed by atoms with Crippen molar-refractivity contribution in [1.82, 2.24) is 14.6 Å². The first kappa shape index (κ1) is 18.0. The van der Waals surface area contributed by atoms with Crippen molar-refractivity contribution < 1.29 is 13.2 Å². The van der Waals surface area contributed by atoms with Gasteiger partial charge in [0.05, 0.1) is 12.9 Å². The Balaban J connectivity index is 1.27. The van der Waals surface area contributed by atoms with E-state index >= 15 is 0 Å². The van der Waals surface area contributed by atoms with Gasteiger partial charge in [0.25, 0.3) is 0 Å². The molecule has 5 aliphatic carbocycles. The van der Waals surface area contributed by atoms with Gasteiger partial charge in [0.15, 0.2) is 5.65 Å². The zero-order valence-electron chi connectivity index (χ0n) is 16.8. The summed E-state index contributed by atoms with van der Waals surface area (Å²) < 4.78 is 33.9. The van der Waals surface area contributed by atoms with Crippen molar-refractivity contribution >= 4 is 21.6 Å². The number of hydrogen-bond acceptors (Lipinski definition) is 5. The molecule has 5 saturated carbocycles. The van der Waals surface area contributed by atoms with Crippen LogP contribution in [0.5, 0.6) is 5.75 Å². The standard InChI is InChI=1S/C21H28N4O3S/c1-29(26,27)24-21-23-22-20-9-19(17(10-25(20)21)14-2-3-14)28-11-18-15-5-12-4-13(7-15)8-16(18)6-12/h9-10,12-16,18H,2-8,11H2,1H3,(H,23,24). The van der Waals surface area contributed by atoms with Crippen LogP contribution in [0, 0.1) is 29.6 Å². The molecule has 0 aliphatic heterocycles. The summed E-state index contributed by atoms with van der Waals surface area (Å²) >= 11 is 0. The van der Waals surface area contributed by atoms with Gasteiger partial charge in [-0.15, -0.1) is 10.2 Å². The number of rotatable bonds is 6. The molecule has 5 aliphatic rings. The lowest BCUT2D eigenvalue weighted by Crippen LogP contribution is -2.47. The molecule has 0 saturated heterocycles. The summed E-state index contributed by atoms with van der Waals surface area (Å²) in [5.74, 6) is 5.96. The van der Waals surface area contributed by atoms with Crippen molar-refractivity contribution in [3.8, 4) is 5.75 Å². The largest absolute Gasteiger partial charge is 0.493 e. The van der Waals surface area contributed by atoms with Gasteiger partial charge in [-0.25, -0.2) is 8.42 Å². The fourth-order valence-corrected chi connectivity index (χ4v) is 6.96. The third-order valence-electron chi connectivity index (χ3n) is 7.68. The molecule has 156 valence electrons. The van der Waals surface area contributed by atoms with Gasteiger partial charge >= 0.3 is 0 Å². The minimum absolute atomic E-state index is 0.233. The molecule has 7 rings (SSSR count). The van der Waals surface area contributed by atoms with Gasteiger partial charge in [-0.05, 0) is 80.5 Å². The Morgan fingerprint density at radius 1 is 1.10 bits per heavy atom. The maximum Gasteiger partial charge on any atom is 0.242 e. The van der Waals surface area contributed by atoms with E-state index in [-0.39, 0.29) is 5.95 Å². The number of anilines is 1. The van der Waals surface area contributed by atoms with Crippen LogP contribution in [0.25, 0.3) is 5.65 Å². The lowest BCUT2D eigenvalue weighted by molar-refractivity contribution is -0.0530. The van der Waals surface area contributed by atoms with E-state index in [0.717, 1.165) is 60.7 Å². The number of ether oxygens (including phenoxy) is 1. The molecule has 0 unspecified atom stereocenters. The number of nitrogens with zero attached hydrogens (tertiary/aromatic N) is 3. The first-order chi connectivity index (χ1) is 13.9. The summed E-state index contributed by atoms with van der Waals surface area (Å²) in [6.45, 7) is 0.799. The number of nitrogens with one attached hydrogen (secondary N) is 1. The van der Waals surface area contributed by atoms with Crippen LogP contribution in [0.4, 0.5) is 5.95 Å². The lowest BCUT2D eigenvalue weighted by atomic mass is 9.52. The lowest BCUT2D eigenvalue weighted by Gasteiger charge is -2.54. The van der Waals surface area contributed by atoms with Gasteiger partial charge in [0.2, 0.25) is 16.0 Å². The molecule has 0 spiro atoms. The highest BCUT2D eigenvalue weighted by Crippen LogP contribution is 2.56. The van der Waals surface area contributed by atoms with Crippen LogP contribution in [-0.4, -0.2) is 35.9 Å². The zero-order valence-corrected chi connectivity index (χ0v) is 17.6. The number of fused-ring (bicyclic) bond motifs is 1. The Labute approximate surface area is 171 Å². The van der Waals surface area contributed by atoms with Crippen molar-refractivity contribution in [2.24, 2.45) is 29.6 Å². The Kier molecular flexibility index (Phi) is 3.93. The number of aromatic nitrogens is 3. The van der Waals surface area contributed by atoms with Crippen LogP contribution in [-0.2, 0) is 10.0 Å². The average Bonchev–Trinajstić information content (AvgIpc) is 3.42. The van der Waals surface area contributed by atoms with E-state index < -0.39 is 10.0 Å². The maximum atomic E-state index is 11.6. The van der Waals surface area contributed by atoms with Crippen molar-refractivity contribution in [1.29, 1.82) is 0 Å². The quantitative estimate of drug-likeness (QED) is 0.780. The fourth-order valence-electron chi connectivity index (χ4n) is 6.49. The van der Waals surface area contributed by atoms with E-state index in [1.54, 1.807) is 4.40 Å². The molecule has 8 heteroatoms. The van der Waals surface area contributed by atoms with Crippen LogP contribution in [0.15, 0.2) is 12.3 Å². The van der Waals surface area contributed by atoms with Crippen LogP contribution in [0.2, 0.25) is 0 Å². The first-order valence-corrected chi connectivity index (χ1v) is 12.8. The van der Waals surface area contributed by atoms with Crippen LogP contribution in [0.3, 0.4) is 0 Å². The Morgan fingerprint density at radius 2 is 1.79 bits per heavy atom. The van der Waals surface area contributed by atoms with Gasteiger partial charge in [-0.1, -0.05) is 0 Å². The van der Waals surface area contributed by atoms with Crippen molar-refractivity contribution in [3.05, 3.63) is 17.8 Å². The Bertz CT molecular complexity index is 1030. The molecular weight excluding hydrogens is 388 g/mol. The van der Waals surface area contributed by atoms with E-state index in [1.165, 1.54) is 32.1 Å². The Morgan fingerprint density at radius 3 is 2.41 bits per heavy atom. The summed E-state index contributed by atoms with van der Waals surface area (Å²) in [6, 6.07) is 1.93. The SMILES string of the molecule is CS(=O)(=O)Nc1nnc2cc(OCC3C4CC5CC(C4)CC3C5)c(C3CC3)cn12. The molecule has 0 aromatic carbocycles. The van der Waals surface area contributed by atoms with E-state index in [4.69, 9.17) is 4.74 Å². The third-order valence-corrected chi connectivity index (χ3v) is 8.24. The molecule has 2 aromatic rings. The average molecular weight is 417 g/mol. The normalized spacial score (nSPS) is 33.3. The topological polar surface area (TPSA) is 85.6 Å². The van der Waals surface area contributed by atoms with Crippen molar-refractivity contribution in [2.75, 3.05) is 17.6 Å². The molecule has 2 aromatic heterocycles. The number of hydrogen-bond donors (Lipinski definition) is 1. The van der Waals surface area contributed by atoms with Gasteiger partial charge in [-0.3, -0.25) is 9.12 Å². The molecule has 7 nitrogen and oxygen atoms in total. The third kappa shape index (κ3) is 3.29. The van der Waals surface area contributed by atoms with Crippen molar-refractivity contribution in [3.63, 3.8) is 0 Å². The minimum atomic E-state index is -3.41. The second-order valence-corrected chi connectivity index (χ2v) is 11.6. The van der Waals surface area contributed by atoms with E-state index in [0.29, 0.717) is 17.5 Å². The van der Waals surface area contributed by atoms with Crippen LogP contribution >= 0.6 is 0 Å². The van der Waals surface area contributed by atoms with Crippen LogP contribution < -0.4 is 9.46 Å². The molecular formula is C21H28N4O3S. The summed E-state index contributed by atoms with van der Waals surface area (Å²) in [5, 5.41) is 8.18. The first-order valence-electron chi connectivity index (χ1n) is 10.9. The molecule has 2 heterocycles. The summed E-state index contributed by atoms with van der Waals surface area (Å²) in [7, 11) is -3.41. The molecule has 0 atom stereocenters. The highest BCUT2D eigenvalue weighted by atomic mass is 32.2. The predicted molar refractivity (Wildman–Crippen MR) is 109 cm³/mol. The molecule has 0 radical (unpaired) electrons. The number of sulfonamides is 1. The molecule has 4 bridgehead atoms. The van der Waals surface area contributed by atoms with Gasteiger partial charge in [-0.2, -0.15) is 0 Å². The summed E-state index contributed by atoms with van der Waals surface area (Å²) in [5.41, 5.74) is 1.76. The minimum Gasteiger partial charge on any atom is -0.493 e. The number of pyridine rings is 1. The highest BCUT2D eigenvalue weighted by molar-refractivity contribution is 7.92. The van der Waals surface area contributed by atoms with E-state index in [2.05, 4.69) is 14.9 Å². The van der Waals surface area contributed by atoms with Gasteiger partial charge in [0, 0.05) is 17.8 Å². The maximum absolute atomic E-state index is 11.6. The second kappa shape index (κ2) is 6.33. The van der Waals surface area contributed by atoms with E-state index in [1.807, 2.05) is 12.3 Å². The zero-order chi connectivity index (χ0) is 19.8. The van der Waals surface area contributed by atoms with Crippen molar-refractivity contribution in [2.45, 2.75) is 50.9 Å². The summed E-state index contributed by atoms with van der Waals surface area (Å²) in [6.07, 6.45) is 12.5.